The van der Waals surface area contributed by atoms with Crippen molar-refractivity contribution in [3.8, 4) is 0 Å². The second kappa shape index (κ2) is 41.7. The number of amides is 1. The smallest absolute Gasteiger partial charge is 0.249 e. The number of ether oxygens (including phenoxy) is 2. The Hall–Kier alpha value is -1.67. The molecule has 1 amide bonds. The summed E-state index contributed by atoms with van der Waals surface area (Å²) in [7, 11) is 0. The highest BCUT2D eigenvalue weighted by molar-refractivity contribution is 5.80. The zero-order valence-corrected chi connectivity index (χ0v) is 40.1. The molecule has 11 nitrogen and oxygen atoms in total. The number of carbonyl (C=O) groups excluding carboxylic acids is 1. The topological polar surface area (TPSA) is 189 Å². The van der Waals surface area contributed by atoms with E-state index < -0.39 is 74.2 Å². The third-order valence-electron chi connectivity index (χ3n) is 12.4. The Morgan fingerprint density at radius 1 is 0.556 bits per heavy atom. The summed E-state index contributed by atoms with van der Waals surface area (Å²) in [6.07, 6.45) is 38.5. The van der Waals surface area contributed by atoms with Crippen LogP contribution < -0.4 is 5.32 Å². The van der Waals surface area contributed by atoms with Crippen molar-refractivity contribution < 1.29 is 50.0 Å². The Bertz CT molecular complexity index is 1120. The third-order valence-corrected chi connectivity index (χ3v) is 12.4. The van der Waals surface area contributed by atoms with Crippen molar-refractivity contribution in [3.63, 3.8) is 0 Å². The number of hydrogen-bond acceptors (Lipinski definition) is 10. The minimum Gasteiger partial charge on any atom is -0.394 e. The number of aliphatic hydroxyl groups is 7. The Morgan fingerprint density at radius 3 is 1.52 bits per heavy atom. The lowest BCUT2D eigenvalue weighted by Gasteiger charge is -2.40. The number of carbonyl (C=O) groups is 1. The summed E-state index contributed by atoms with van der Waals surface area (Å²) in [6, 6.07) is -1.18. The van der Waals surface area contributed by atoms with Gasteiger partial charge in [-0.2, -0.15) is 0 Å². The van der Waals surface area contributed by atoms with Crippen LogP contribution in [0.2, 0.25) is 0 Å². The largest absolute Gasteiger partial charge is 0.394 e. The van der Waals surface area contributed by atoms with Gasteiger partial charge in [0.15, 0.2) is 6.29 Å². The standard InChI is InChI=1S/C52H97NO10/c1-3-5-7-9-11-12-13-14-15-16-17-18-19-20-21-22-23-24-25-26-27-28-29-30-31-32-33-34-36-38-40-45(56)51(61)53-43(47(57)44(55)39-37-35-10-8-6-4-2)42-62-52-50(60)49(59)48(58)46(41-54)63-52/h8,10,17-18,20-21,43-50,52,54-60H,3-7,9,11-16,19,22-42H2,1-2H3,(H,53,61)/b10-8+,18-17-,21-20-. The van der Waals surface area contributed by atoms with Gasteiger partial charge in [0.05, 0.1) is 25.4 Å². The van der Waals surface area contributed by atoms with Crippen LogP contribution in [0.4, 0.5) is 0 Å². The average molecular weight is 896 g/mol. The number of nitrogens with one attached hydrogen (secondary N) is 1. The van der Waals surface area contributed by atoms with Crippen molar-refractivity contribution in [2.24, 2.45) is 0 Å². The first kappa shape index (κ1) is 59.3. The molecule has 1 rings (SSSR count). The van der Waals surface area contributed by atoms with Gasteiger partial charge in [0.25, 0.3) is 0 Å². The first-order valence-corrected chi connectivity index (χ1v) is 25.9. The Labute approximate surface area is 384 Å². The van der Waals surface area contributed by atoms with Gasteiger partial charge in [0.2, 0.25) is 5.91 Å². The zero-order valence-electron chi connectivity index (χ0n) is 40.1. The monoisotopic (exact) mass is 896 g/mol. The van der Waals surface area contributed by atoms with Gasteiger partial charge in [-0.05, 0) is 64.2 Å². The second-order valence-corrected chi connectivity index (χ2v) is 18.2. The number of unbranched alkanes of at least 4 members (excludes halogenated alkanes) is 25. The van der Waals surface area contributed by atoms with Crippen molar-refractivity contribution in [1.82, 2.24) is 5.32 Å². The molecule has 9 atom stereocenters. The summed E-state index contributed by atoms with van der Waals surface area (Å²) in [6.45, 7) is 3.29. The second-order valence-electron chi connectivity index (χ2n) is 18.2. The summed E-state index contributed by atoms with van der Waals surface area (Å²) in [5, 5.41) is 75.2. The normalized spacial score (nSPS) is 21.4. The van der Waals surface area contributed by atoms with Gasteiger partial charge in [-0.15, -0.1) is 0 Å². The van der Waals surface area contributed by atoms with Gasteiger partial charge in [0, 0.05) is 0 Å². The zero-order chi connectivity index (χ0) is 46.2. The number of allylic oxidation sites excluding steroid dienone is 6. The van der Waals surface area contributed by atoms with E-state index in [4.69, 9.17) is 9.47 Å². The van der Waals surface area contributed by atoms with Crippen LogP contribution in [0.15, 0.2) is 36.5 Å². The minimum atomic E-state index is -1.67. The molecule has 9 unspecified atom stereocenters. The highest BCUT2D eigenvalue weighted by Gasteiger charge is 2.44. The number of rotatable bonds is 43. The highest BCUT2D eigenvalue weighted by atomic mass is 16.7. The molecular formula is C52H97NO10. The maximum atomic E-state index is 13.0. The molecule has 0 aliphatic carbocycles. The maximum Gasteiger partial charge on any atom is 0.249 e. The fourth-order valence-electron chi connectivity index (χ4n) is 8.13. The highest BCUT2D eigenvalue weighted by Crippen LogP contribution is 2.23. The van der Waals surface area contributed by atoms with Crippen molar-refractivity contribution in [2.75, 3.05) is 13.2 Å². The van der Waals surface area contributed by atoms with E-state index in [0.29, 0.717) is 12.8 Å². The maximum absolute atomic E-state index is 13.0. The SMILES string of the molecule is CCC/C=C/CCCC(O)C(O)C(COC1OC(CO)C(O)C(O)C1O)NC(=O)C(O)CCCCCCCCCCCCCCCC/C=C\C/C=C\CCCCCCCCCCC. The van der Waals surface area contributed by atoms with E-state index in [1.54, 1.807) is 0 Å². The van der Waals surface area contributed by atoms with Crippen LogP contribution in [-0.2, 0) is 14.3 Å². The van der Waals surface area contributed by atoms with Gasteiger partial charge < -0.3 is 50.5 Å². The molecule has 1 aliphatic heterocycles. The van der Waals surface area contributed by atoms with Crippen LogP contribution >= 0.6 is 0 Å². The molecule has 11 heteroatoms. The van der Waals surface area contributed by atoms with Crippen LogP contribution in [0.1, 0.15) is 219 Å². The van der Waals surface area contributed by atoms with Gasteiger partial charge in [-0.25, -0.2) is 0 Å². The molecule has 1 heterocycles. The molecule has 1 saturated heterocycles. The van der Waals surface area contributed by atoms with Crippen LogP contribution in [0.5, 0.6) is 0 Å². The van der Waals surface area contributed by atoms with E-state index >= 15 is 0 Å². The van der Waals surface area contributed by atoms with E-state index in [-0.39, 0.29) is 12.8 Å². The van der Waals surface area contributed by atoms with Gasteiger partial charge in [-0.3, -0.25) is 4.79 Å². The molecular weight excluding hydrogens is 799 g/mol. The van der Waals surface area contributed by atoms with Crippen LogP contribution in [0.25, 0.3) is 0 Å². The molecule has 1 fully saturated rings. The van der Waals surface area contributed by atoms with E-state index in [1.807, 2.05) is 6.08 Å². The van der Waals surface area contributed by atoms with Gasteiger partial charge in [0.1, 0.15) is 36.6 Å². The molecule has 0 aromatic rings. The van der Waals surface area contributed by atoms with E-state index in [0.717, 1.165) is 44.9 Å². The van der Waals surface area contributed by atoms with Gasteiger partial charge in [-0.1, -0.05) is 192 Å². The van der Waals surface area contributed by atoms with Gasteiger partial charge >= 0.3 is 0 Å². The average Bonchev–Trinajstić information content (AvgIpc) is 3.28. The molecule has 0 saturated carbocycles. The van der Waals surface area contributed by atoms with Crippen molar-refractivity contribution in [2.45, 2.75) is 274 Å². The lowest BCUT2D eigenvalue weighted by molar-refractivity contribution is -0.303. The third kappa shape index (κ3) is 31.0. The lowest BCUT2D eigenvalue weighted by atomic mass is 9.98. The Kier molecular flexibility index (Phi) is 39.3. The van der Waals surface area contributed by atoms with E-state index in [1.165, 1.54) is 135 Å². The molecule has 0 aromatic carbocycles. The van der Waals surface area contributed by atoms with E-state index in [2.05, 4.69) is 49.5 Å². The first-order valence-electron chi connectivity index (χ1n) is 25.9. The van der Waals surface area contributed by atoms with Crippen molar-refractivity contribution in [3.05, 3.63) is 36.5 Å². The lowest BCUT2D eigenvalue weighted by Crippen LogP contribution is -2.60. The molecule has 1 aliphatic rings. The predicted molar refractivity (Wildman–Crippen MR) is 256 cm³/mol. The summed E-state index contributed by atoms with van der Waals surface area (Å²) < 4.78 is 11.0. The number of aliphatic hydroxyl groups excluding tert-OH is 7. The summed E-state index contributed by atoms with van der Waals surface area (Å²) in [5.41, 5.74) is 0. The number of hydrogen-bond donors (Lipinski definition) is 8. The Balaban J connectivity index is 2.16. The van der Waals surface area contributed by atoms with Crippen molar-refractivity contribution in [1.29, 1.82) is 0 Å². The molecule has 8 N–H and O–H groups in total. The first-order chi connectivity index (χ1) is 30.7. The quantitative estimate of drug-likeness (QED) is 0.0216. The molecule has 370 valence electrons. The molecule has 0 aromatic heterocycles. The fraction of sp³-hybridized carbons (Fsp3) is 0.865. The Morgan fingerprint density at radius 2 is 1.02 bits per heavy atom. The predicted octanol–water partition coefficient (Wildman–Crippen LogP) is 9.56. The van der Waals surface area contributed by atoms with Crippen molar-refractivity contribution >= 4 is 5.91 Å². The van der Waals surface area contributed by atoms with E-state index in [9.17, 15) is 40.5 Å². The molecule has 0 spiro atoms. The van der Waals surface area contributed by atoms with Crippen LogP contribution in [-0.4, -0.2) is 110 Å². The molecule has 0 bridgehead atoms. The van der Waals surface area contributed by atoms with Crippen LogP contribution in [0.3, 0.4) is 0 Å². The summed E-state index contributed by atoms with van der Waals surface area (Å²) in [4.78, 5) is 13.0. The summed E-state index contributed by atoms with van der Waals surface area (Å²) in [5.74, 6) is -0.712. The summed E-state index contributed by atoms with van der Waals surface area (Å²) >= 11 is 0. The fourth-order valence-corrected chi connectivity index (χ4v) is 8.13. The molecule has 0 radical (unpaired) electrons. The van der Waals surface area contributed by atoms with Crippen LogP contribution in [0, 0.1) is 0 Å². The minimum absolute atomic E-state index is 0.253. The molecule has 63 heavy (non-hydrogen) atoms.